The number of rotatable bonds is 4. The fourth-order valence-corrected chi connectivity index (χ4v) is 4.73. The van der Waals surface area contributed by atoms with Crippen LogP contribution < -0.4 is 11.1 Å². The van der Waals surface area contributed by atoms with Gasteiger partial charge in [0, 0.05) is 23.3 Å². The van der Waals surface area contributed by atoms with Gasteiger partial charge in [-0.1, -0.05) is 13.8 Å². The molecule has 0 saturated heterocycles. The van der Waals surface area contributed by atoms with Gasteiger partial charge in [0.1, 0.15) is 5.54 Å². The zero-order chi connectivity index (χ0) is 16.0. The van der Waals surface area contributed by atoms with Gasteiger partial charge in [-0.25, -0.2) is 0 Å². The monoisotopic (exact) mass is 322 g/mol. The van der Waals surface area contributed by atoms with Gasteiger partial charge < -0.3 is 15.8 Å². The predicted octanol–water partition coefficient (Wildman–Crippen LogP) is 2.77. The molecule has 22 heavy (non-hydrogen) atoms. The average molecular weight is 322 g/mol. The van der Waals surface area contributed by atoms with E-state index in [0.717, 1.165) is 19.3 Å². The number of carbonyl (C=O) groups excluding carboxylic acids is 1. The second-order valence-corrected chi connectivity index (χ2v) is 8.06. The maximum absolute atomic E-state index is 12.8. The van der Waals surface area contributed by atoms with E-state index in [1.54, 1.807) is 11.3 Å². The molecule has 0 aliphatic heterocycles. The van der Waals surface area contributed by atoms with Crippen molar-refractivity contribution in [1.82, 2.24) is 5.32 Å². The number of nitrogens with two attached hydrogens (primary N) is 1. The van der Waals surface area contributed by atoms with E-state index in [1.807, 2.05) is 20.8 Å². The number of carbonyl (C=O) groups is 1. The molecule has 0 spiro atoms. The first-order valence-electron chi connectivity index (χ1n) is 8.18. The molecule has 1 fully saturated rings. The molecular formula is C17H26N2O2S. The molecule has 1 amide bonds. The van der Waals surface area contributed by atoms with Crippen LogP contribution in [0.15, 0.2) is 11.4 Å². The molecule has 1 aromatic heterocycles. The topological polar surface area (TPSA) is 64.3 Å². The van der Waals surface area contributed by atoms with E-state index in [0.29, 0.717) is 13.0 Å². The molecule has 3 N–H and O–H groups in total. The maximum Gasteiger partial charge on any atom is 0.241 e. The molecule has 0 bridgehead atoms. The van der Waals surface area contributed by atoms with Crippen LogP contribution in [0.1, 0.15) is 56.5 Å². The number of thiophene rings is 1. The van der Waals surface area contributed by atoms with Crippen molar-refractivity contribution in [3.63, 3.8) is 0 Å². The summed E-state index contributed by atoms with van der Waals surface area (Å²) in [7, 11) is 0. The molecule has 0 aromatic carbocycles. The third-order valence-corrected chi connectivity index (χ3v) is 6.59. The summed E-state index contributed by atoms with van der Waals surface area (Å²) >= 11 is 1.79. The minimum Gasteiger partial charge on any atom is -0.378 e. The van der Waals surface area contributed by atoms with Crippen molar-refractivity contribution in [2.75, 3.05) is 6.61 Å². The van der Waals surface area contributed by atoms with Crippen molar-refractivity contribution in [2.24, 2.45) is 11.1 Å². The zero-order valence-electron chi connectivity index (χ0n) is 13.6. The first kappa shape index (κ1) is 16.0. The molecule has 2 aliphatic rings. The smallest absolute Gasteiger partial charge is 0.241 e. The standard InChI is InChI=1S/C17H26N2O2S/c1-4-21-14-10-17(18,16(14,2)3)15(20)19-12-6-5-7-13-11(12)8-9-22-13/h8-9,12,14H,4-7,10,18H2,1-3H3,(H,19,20). The van der Waals surface area contributed by atoms with Gasteiger partial charge in [0.05, 0.1) is 12.1 Å². The number of hydrogen-bond acceptors (Lipinski definition) is 4. The highest BCUT2D eigenvalue weighted by Crippen LogP contribution is 2.50. The molecule has 0 radical (unpaired) electrons. The van der Waals surface area contributed by atoms with Gasteiger partial charge in [0.25, 0.3) is 0 Å². The molecule has 5 heteroatoms. The van der Waals surface area contributed by atoms with Crippen LogP contribution in [0.2, 0.25) is 0 Å². The highest BCUT2D eigenvalue weighted by Gasteiger charge is 2.63. The summed E-state index contributed by atoms with van der Waals surface area (Å²) in [5, 5.41) is 5.33. The lowest BCUT2D eigenvalue weighted by Gasteiger charge is -2.57. The maximum atomic E-state index is 12.8. The molecule has 3 unspecified atom stereocenters. The van der Waals surface area contributed by atoms with E-state index in [2.05, 4.69) is 16.8 Å². The van der Waals surface area contributed by atoms with Crippen LogP contribution in [0, 0.1) is 5.41 Å². The van der Waals surface area contributed by atoms with Gasteiger partial charge in [-0.3, -0.25) is 4.79 Å². The molecule has 122 valence electrons. The number of nitrogens with one attached hydrogen (secondary N) is 1. The Balaban J connectivity index is 1.71. The van der Waals surface area contributed by atoms with E-state index >= 15 is 0 Å². The van der Waals surface area contributed by atoms with Gasteiger partial charge in [-0.05, 0) is 43.2 Å². The summed E-state index contributed by atoms with van der Waals surface area (Å²) in [6.45, 7) is 6.71. The Bertz CT molecular complexity index is 569. The van der Waals surface area contributed by atoms with Crippen molar-refractivity contribution in [2.45, 2.75) is 64.1 Å². The highest BCUT2D eigenvalue weighted by molar-refractivity contribution is 7.10. The van der Waals surface area contributed by atoms with Crippen LogP contribution in [0.4, 0.5) is 0 Å². The number of amides is 1. The molecule has 3 rings (SSSR count). The summed E-state index contributed by atoms with van der Waals surface area (Å²) in [5.74, 6) is -0.0301. The lowest BCUT2D eigenvalue weighted by atomic mass is 9.54. The van der Waals surface area contributed by atoms with E-state index in [9.17, 15) is 4.79 Å². The van der Waals surface area contributed by atoms with Crippen molar-refractivity contribution < 1.29 is 9.53 Å². The second-order valence-electron chi connectivity index (χ2n) is 7.06. The summed E-state index contributed by atoms with van der Waals surface area (Å²) in [4.78, 5) is 14.2. The van der Waals surface area contributed by atoms with Gasteiger partial charge in [-0.15, -0.1) is 11.3 Å². The van der Waals surface area contributed by atoms with E-state index in [-0.39, 0.29) is 23.5 Å². The third kappa shape index (κ3) is 2.30. The summed E-state index contributed by atoms with van der Waals surface area (Å²) in [6.07, 6.45) is 3.92. The van der Waals surface area contributed by atoms with Crippen LogP contribution in [0.5, 0.6) is 0 Å². The summed E-state index contributed by atoms with van der Waals surface area (Å²) in [5.41, 5.74) is 6.58. The average Bonchev–Trinajstić information content (AvgIpc) is 2.96. The van der Waals surface area contributed by atoms with E-state index in [1.165, 1.54) is 10.4 Å². The second kappa shape index (κ2) is 5.62. The third-order valence-electron chi connectivity index (χ3n) is 5.59. The van der Waals surface area contributed by atoms with Crippen LogP contribution in [-0.4, -0.2) is 24.2 Å². The minimum atomic E-state index is -0.833. The number of ether oxygens (including phenoxy) is 1. The van der Waals surface area contributed by atoms with Crippen LogP contribution >= 0.6 is 11.3 Å². The zero-order valence-corrected chi connectivity index (χ0v) is 14.5. The van der Waals surface area contributed by atoms with Crippen LogP contribution in [0.3, 0.4) is 0 Å². The number of hydrogen-bond donors (Lipinski definition) is 2. The van der Waals surface area contributed by atoms with E-state index < -0.39 is 5.54 Å². The van der Waals surface area contributed by atoms with Gasteiger partial charge >= 0.3 is 0 Å². The quantitative estimate of drug-likeness (QED) is 0.896. The Kier molecular flexibility index (Phi) is 4.08. The molecule has 4 nitrogen and oxygen atoms in total. The first-order chi connectivity index (χ1) is 10.4. The Labute approximate surface area is 136 Å². The largest absolute Gasteiger partial charge is 0.378 e. The first-order valence-corrected chi connectivity index (χ1v) is 9.06. The molecule has 3 atom stereocenters. The fourth-order valence-electron chi connectivity index (χ4n) is 3.74. The predicted molar refractivity (Wildman–Crippen MR) is 88.9 cm³/mol. The van der Waals surface area contributed by atoms with Gasteiger partial charge in [-0.2, -0.15) is 0 Å². The molecule has 2 aliphatic carbocycles. The molecular weight excluding hydrogens is 296 g/mol. The van der Waals surface area contributed by atoms with Crippen molar-refractivity contribution >= 4 is 17.2 Å². The summed E-state index contributed by atoms with van der Waals surface area (Å²) < 4.78 is 5.71. The Hall–Kier alpha value is -0.910. The van der Waals surface area contributed by atoms with Crippen molar-refractivity contribution in [1.29, 1.82) is 0 Å². The minimum absolute atomic E-state index is 0.0301. The van der Waals surface area contributed by atoms with Crippen molar-refractivity contribution in [3.05, 3.63) is 21.9 Å². The number of aryl methyl sites for hydroxylation is 1. The molecule has 1 heterocycles. The molecule has 1 aromatic rings. The number of fused-ring (bicyclic) bond motifs is 1. The Morgan fingerprint density at radius 3 is 3.00 bits per heavy atom. The SMILES string of the molecule is CCOC1CC(N)(C(=O)NC2CCCc3sccc32)C1(C)C. The lowest BCUT2D eigenvalue weighted by Crippen LogP contribution is -2.75. The highest BCUT2D eigenvalue weighted by atomic mass is 32.1. The molecule has 1 saturated carbocycles. The van der Waals surface area contributed by atoms with Crippen LogP contribution in [0.25, 0.3) is 0 Å². The Morgan fingerprint density at radius 2 is 2.32 bits per heavy atom. The van der Waals surface area contributed by atoms with Gasteiger partial charge in [0.15, 0.2) is 0 Å². The summed E-state index contributed by atoms with van der Waals surface area (Å²) in [6, 6.07) is 2.26. The van der Waals surface area contributed by atoms with Crippen molar-refractivity contribution in [3.8, 4) is 0 Å². The van der Waals surface area contributed by atoms with Crippen LogP contribution in [-0.2, 0) is 16.0 Å². The lowest BCUT2D eigenvalue weighted by molar-refractivity contribution is -0.171. The fraction of sp³-hybridized carbons (Fsp3) is 0.706. The van der Waals surface area contributed by atoms with E-state index in [4.69, 9.17) is 10.5 Å². The normalized spacial score (nSPS) is 32.9. The Morgan fingerprint density at radius 1 is 1.55 bits per heavy atom. The van der Waals surface area contributed by atoms with Gasteiger partial charge in [0.2, 0.25) is 5.91 Å².